The normalized spacial score (nSPS) is 11.0. The molecule has 0 saturated heterocycles. The van der Waals surface area contributed by atoms with E-state index in [4.69, 9.17) is 9.47 Å². The molecule has 0 bridgehead atoms. The predicted molar refractivity (Wildman–Crippen MR) is 101 cm³/mol. The Morgan fingerprint density at radius 1 is 1.22 bits per heavy atom. The quantitative estimate of drug-likeness (QED) is 0.684. The zero-order valence-corrected chi connectivity index (χ0v) is 15.5. The summed E-state index contributed by atoms with van der Waals surface area (Å²) in [6.45, 7) is 4.38. The molecule has 8 heteroatoms. The van der Waals surface area contributed by atoms with E-state index < -0.39 is 0 Å². The number of carbonyl (C=O) groups is 1. The van der Waals surface area contributed by atoms with Gasteiger partial charge in [0.25, 0.3) is 5.91 Å². The van der Waals surface area contributed by atoms with Gasteiger partial charge in [0.05, 0.1) is 19.8 Å². The Labute approximate surface area is 156 Å². The molecule has 0 aliphatic rings. The van der Waals surface area contributed by atoms with Gasteiger partial charge >= 0.3 is 5.69 Å². The molecule has 0 spiro atoms. The van der Waals surface area contributed by atoms with E-state index in [1.54, 1.807) is 36.5 Å². The molecule has 0 unspecified atom stereocenters. The second-order valence-corrected chi connectivity index (χ2v) is 6.22. The van der Waals surface area contributed by atoms with Gasteiger partial charge in [-0.15, -0.1) is 5.10 Å². The number of hydrogen-bond acceptors (Lipinski definition) is 5. The molecule has 142 valence electrons. The first-order chi connectivity index (χ1) is 13.0. The smallest absolute Gasteiger partial charge is 0.350 e. The Hall–Kier alpha value is -3.29. The highest BCUT2D eigenvalue weighted by Gasteiger charge is 2.12. The van der Waals surface area contributed by atoms with Gasteiger partial charge in [-0.2, -0.15) is 0 Å². The molecule has 27 heavy (non-hydrogen) atoms. The molecule has 3 rings (SSSR count). The summed E-state index contributed by atoms with van der Waals surface area (Å²) >= 11 is 0. The molecule has 0 aliphatic heterocycles. The van der Waals surface area contributed by atoms with Gasteiger partial charge in [-0.05, 0) is 44.2 Å². The van der Waals surface area contributed by atoms with Crippen LogP contribution in [0.15, 0.2) is 47.4 Å². The van der Waals surface area contributed by atoms with E-state index in [0.717, 1.165) is 0 Å². The summed E-state index contributed by atoms with van der Waals surface area (Å²) in [5, 5.41) is 7.01. The van der Waals surface area contributed by atoms with E-state index in [1.807, 2.05) is 19.9 Å². The number of carbonyl (C=O) groups excluding carboxylic acids is 1. The van der Waals surface area contributed by atoms with E-state index in [9.17, 15) is 9.59 Å². The van der Waals surface area contributed by atoms with Crippen LogP contribution in [0.3, 0.4) is 0 Å². The van der Waals surface area contributed by atoms with Gasteiger partial charge in [0.2, 0.25) is 0 Å². The van der Waals surface area contributed by atoms with Crippen molar-refractivity contribution in [3.8, 4) is 11.5 Å². The highest BCUT2D eigenvalue weighted by Crippen LogP contribution is 2.28. The molecule has 1 amide bonds. The van der Waals surface area contributed by atoms with E-state index >= 15 is 0 Å². The maximum absolute atomic E-state index is 12.4. The summed E-state index contributed by atoms with van der Waals surface area (Å²) in [6, 6.07) is 10.3. The third-order valence-corrected chi connectivity index (χ3v) is 3.89. The predicted octanol–water partition coefficient (Wildman–Crippen LogP) is 1.72. The molecule has 8 nitrogen and oxygen atoms in total. The number of methoxy groups -OCH3 is 1. The van der Waals surface area contributed by atoms with Crippen LogP contribution in [0.5, 0.6) is 11.5 Å². The standard InChI is InChI=1S/C19H22N4O4/c1-13(2)27-15-8-7-14(12-16(15)26-3)18(24)20-9-11-23-19(25)22-10-5-4-6-17(22)21-23/h4-8,10,12-13H,9,11H2,1-3H3,(H,20,24). The van der Waals surface area contributed by atoms with Crippen LogP contribution in [0, 0.1) is 0 Å². The summed E-state index contributed by atoms with van der Waals surface area (Å²) in [5.41, 5.74) is 0.779. The van der Waals surface area contributed by atoms with Gasteiger partial charge in [-0.1, -0.05) is 6.07 Å². The lowest BCUT2D eigenvalue weighted by Crippen LogP contribution is -2.31. The van der Waals surface area contributed by atoms with Crippen LogP contribution in [-0.2, 0) is 6.54 Å². The van der Waals surface area contributed by atoms with Crippen molar-refractivity contribution in [2.75, 3.05) is 13.7 Å². The number of nitrogens with one attached hydrogen (secondary N) is 1. The Morgan fingerprint density at radius 2 is 2.04 bits per heavy atom. The number of ether oxygens (including phenoxy) is 2. The van der Waals surface area contributed by atoms with Crippen LogP contribution >= 0.6 is 0 Å². The minimum absolute atomic E-state index is 0.00215. The van der Waals surface area contributed by atoms with Crippen LogP contribution in [0.25, 0.3) is 5.65 Å². The fraction of sp³-hybridized carbons (Fsp3) is 0.316. The number of amides is 1. The first-order valence-corrected chi connectivity index (χ1v) is 8.66. The summed E-state index contributed by atoms with van der Waals surface area (Å²) in [7, 11) is 1.53. The third-order valence-electron chi connectivity index (χ3n) is 3.89. The van der Waals surface area contributed by atoms with Gasteiger partial charge in [0.1, 0.15) is 0 Å². The largest absolute Gasteiger partial charge is 0.493 e. The lowest BCUT2D eigenvalue weighted by atomic mass is 10.2. The highest BCUT2D eigenvalue weighted by atomic mass is 16.5. The molecule has 2 aromatic heterocycles. The van der Waals surface area contributed by atoms with Crippen molar-refractivity contribution >= 4 is 11.6 Å². The lowest BCUT2D eigenvalue weighted by molar-refractivity contribution is 0.0951. The molecule has 1 N–H and O–H groups in total. The van der Waals surface area contributed by atoms with Crippen molar-refractivity contribution in [2.45, 2.75) is 26.5 Å². The van der Waals surface area contributed by atoms with Gasteiger partial charge in [-0.25, -0.2) is 9.48 Å². The first kappa shape index (κ1) is 18.5. The summed E-state index contributed by atoms with van der Waals surface area (Å²) in [5.74, 6) is 0.814. The van der Waals surface area contributed by atoms with Crippen molar-refractivity contribution in [1.82, 2.24) is 19.5 Å². The number of rotatable bonds is 7. The van der Waals surface area contributed by atoms with E-state index in [2.05, 4.69) is 10.4 Å². The zero-order chi connectivity index (χ0) is 19.4. The molecule has 0 radical (unpaired) electrons. The van der Waals surface area contributed by atoms with Gasteiger partial charge in [-0.3, -0.25) is 9.20 Å². The monoisotopic (exact) mass is 370 g/mol. The van der Waals surface area contributed by atoms with Crippen molar-refractivity contribution in [3.05, 3.63) is 58.6 Å². The minimum Gasteiger partial charge on any atom is -0.493 e. The molecule has 0 fully saturated rings. The average molecular weight is 370 g/mol. The van der Waals surface area contributed by atoms with Crippen molar-refractivity contribution in [1.29, 1.82) is 0 Å². The van der Waals surface area contributed by atoms with Crippen molar-refractivity contribution in [2.24, 2.45) is 0 Å². The second kappa shape index (κ2) is 7.94. The van der Waals surface area contributed by atoms with Gasteiger partial charge in [0.15, 0.2) is 17.1 Å². The van der Waals surface area contributed by atoms with Gasteiger partial charge in [0, 0.05) is 18.3 Å². The van der Waals surface area contributed by atoms with Crippen LogP contribution in [0.2, 0.25) is 0 Å². The number of fused-ring (bicyclic) bond motifs is 1. The maximum Gasteiger partial charge on any atom is 0.350 e. The topological polar surface area (TPSA) is 86.9 Å². The first-order valence-electron chi connectivity index (χ1n) is 8.66. The fourth-order valence-electron chi connectivity index (χ4n) is 2.65. The Bertz CT molecular complexity index is 1010. The minimum atomic E-state index is -0.263. The molecule has 3 aromatic rings. The number of benzene rings is 1. The van der Waals surface area contributed by atoms with E-state index in [1.165, 1.54) is 16.2 Å². The average Bonchev–Trinajstić information content (AvgIpc) is 2.97. The Kier molecular flexibility index (Phi) is 5.44. The molecule has 2 heterocycles. The Balaban J connectivity index is 1.65. The highest BCUT2D eigenvalue weighted by molar-refractivity contribution is 5.94. The molecular weight excluding hydrogens is 348 g/mol. The molecule has 1 aromatic carbocycles. The number of nitrogens with zero attached hydrogens (tertiary/aromatic N) is 3. The van der Waals surface area contributed by atoms with Gasteiger partial charge < -0.3 is 14.8 Å². The molecule has 0 saturated carbocycles. The zero-order valence-electron chi connectivity index (χ0n) is 15.5. The van der Waals surface area contributed by atoms with Crippen LogP contribution < -0.4 is 20.5 Å². The van der Waals surface area contributed by atoms with E-state index in [0.29, 0.717) is 22.7 Å². The number of aromatic nitrogens is 3. The van der Waals surface area contributed by atoms with E-state index in [-0.39, 0.29) is 30.8 Å². The second-order valence-electron chi connectivity index (χ2n) is 6.22. The fourth-order valence-corrected chi connectivity index (χ4v) is 2.65. The number of pyridine rings is 1. The van der Waals surface area contributed by atoms with Crippen molar-refractivity contribution < 1.29 is 14.3 Å². The Morgan fingerprint density at radius 3 is 2.74 bits per heavy atom. The summed E-state index contributed by atoms with van der Waals surface area (Å²) in [4.78, 5) is 24.6. The van der Waals surface area contributed by atoms with Crippen LogP contribution in [0.1, 0.15) is 24.2 Å². The van der Waals surface area contributed by atoms with Crippen molar-refractivity contribution in [3.63, 3.8) is 0 Å². The van der Waals surface area contributed by atoms with Crippen LogP contribution in [0.4, 0.5) is 0 Å². The molecular formula is C19H22N4O4. The number of hydrogen-bond donors (Lipinski definition) is 1. The summed E-state index contributed by atoms with van der Waals surface area (Å²) < 4.78 is 13.7. The maximum atomic E-state index is 12.4. The molecule has 0 aliphatic carbocycles. The lowest BCUT2D eigenvalue weighted by Gasteiger charge is -2.14. The third kappa shape index (κ3) is 4.11. The molecule has 0 atom stereocenters. The summed E-state index contributed by atoms with van der Waals surface area (Å²) in [6.07, 6.45) is 1.66. The van der Waals surface area contributed by atoms with Crippen LogP contribution in [-0.4, -0.2) is 39.8 Å². The SMILES string of the molecule is COc1cc(C(=O)NCCn2nc3ccccn3c2=O)ccc1OC(C)C.